The van der Waals surface area contributed by atoms with E-state index in [1.165, 1.54) is 17.3 Å². The van der Waals surface area contributed by atoms with Crippen LogP contribution in [0.5, 0.6) is 0 Å². The molecule has 10 heteroatoms. The van der Waals surface area contributed by atoms with Crippen LogP contribution >= 0.6 is 23.1 Å². The van der Waals surface area contributed by atoms with Gasteiger partial charge in [-0.15, -0.1) is 21.5 Å². The van der Waals surface area contributed by atoms with E-state index < -0.39 is 0 Å². The Bertz CT molecular complexity index is 1280. The summed E-state index contributed by atoms with van der Waals surface area (Å²) in [6, 6.07) is 13.9. The van der Waals surface area contributed by atoms with Gasteiger partial charge in [0.15, 0.2) is 5.16 Å². The van der Waals surface area contributed by atoms with Gasteiger partial charge < -0.3 is 15.6 Å². The van der Waals surface area contributed by atoms with Gasteiger partial charge in [0.05, 0.1) is 16.0 Å². The molecule has 8 nitrogen and oxygen atoms in total. The number of hydrogen-bond acceptors (Lipinski definition) is 7. The molecule has 0 spiro atoms. The van der Waals surface area contributed by atoms with Crippen molar-refractivity contribution < 1.29 is 9.59 Å². The van der Waals surface area contributed by atoms with Crippen molar-refractivity contribution in [2.45, 2.75) is 24.9 Å². The van der Waals surface area contributed by atoms with Crippen LogP contribution in [0.1, 0.15) is 17.8 Å². The van der Waals surface area contributed by atoms with Crippen molar-refractivity contribution in [1.82, 2.24) is 19.7 Å². The first-order valence-electron chi connectivity index (χ1n) is 9.96. The highest BCUT2D eigenvalue weighted by Gasteiger charge is 2.13. The number of aryl methyl sites for hydroxylation is 2. The summed E-state index contributed by atoms with van der Waals surface area (Å²) >= 11 is 2.94. The summed E-state index contributed by atoms with van der Waals surface area (Å²) in [5.41, 5.74) is 9.12. The third-order valence-electron chi connectivity index (χ3n) is 4.81. The second-order valence-electron chi connectivity index (χ2n) is 7.33. The lowest BCUT2D eigenvalue weighted by Gasteiger charge is -2.06. The summed E-state index contributed by atoms with van der Waals surface area (Å²) in [4.78, 5) is 28.0. The summed E-state index contributed by atoms with van der Waals surface area (Å²) in [6.45, 7) is 2.07. The number of amides is 2. The van der Waals surface area contributed by atoms with E-state index in [4.69, 9.17) is 10.7 Å². The Morgan fingerprint density at radius 1 is 1.16 bits per heavy atom. The van der Waals surface area contributed by atoms with Crippen LogP contribution in [0.15, 0.2) is 47.6 Å². The SMILES string of the molecule is Cc1ccc2nc(-c3ccc(NC(=O)CSc4nnc(CCC(N)=O)n4C)cc3)sc2c1. The number of fused-ring (bicyclic) bond motifs is 1. The number of thiazole rings is 1. The van der Waals surface area contributed by atoms with Gasteiger partial charge in [0.25, 0.3) is 0 Å². The zero-order valence-electron chi connectivity index (χ0n) is 17.7. The predicted octanol–water partition coefficient (Wildman–Crippen LogP) is 3.55. The van der Waals surface area contributed by atoms with Crippen LogP contribution in [0.2, 0.25) is 0 Å². The highest BCUT2D eigenvalue weighted by Crippen LogP contribution is 2.31. The molecule has 4 aromatic rings. The fourth-order valence-electron chi connectivity index (χ4n) is 3.10. The number of anilines is 1. The van der Waals surface area contributed by atoms with Crippen molar-refractivity contribution >= 4 is 50.8 Å². The first-order chi connectivity index (χ1) is 15.4. The van der Waals surface area contributed by atoms with Crippen LogP contribution in [-0.4, -0.2) is 37.3 Å². The van der Waals surface area contributed by atoms with Crippen LogP contribution < -0.4 is 11.1 Å². The maximum atomic E-state index is 12.4. The monoisotopic (exact) mass is 466 g/mol. The van der Waals surface area contributed by atoms with Crippen molar-refractivity contribution in [3.8, 4) is 10.6 Å². The summed E-state index contributed by atoms with van der Waals surface area (Å²) in [5.74, 6) is 0.332. The van der Waals surface area contributed by atoms with Crippen molar-refractivity contribution in [3.05, 3.63) is 53.9 Å². The van der Waals surface area contributed by atoms with Gasteiger partial charge in [-0.3, -0.25) is 9.59 Å². The number of primary amides is 1. The number of benzene rings is 2. The van der Waals surface area contributed by atoms with E-state index >= 15 is 0 Å². The van der Waals surface area contributed by atoms with Crippen molar-refractivity contribution in [2.24, 2.45) is 12.8 Å². The maximum Gasteiger partial charge on any atom is 0.234 e. The van der Waals surface area contributed by atoms with Crippen molar-refractivity contribution in [3.63, 3.8) is 0 Å². The minimum atomic E-state index is -0.383. The molecule has 0 aliphatic rings. The number of nitrogens with zero attached hydrogens (tertiary/aromatic N) is 4. The fraction of sp³-hybridized carbons (Fsp3) is 0.227. The molecular formula is C22H22N6O2S2. The van der Waals surface area contributed by atoms with E-state index in [-0.39, 0.29) is 24.0 Å². The van der Waals surface area contributed by atoms with Crippen LogP contribution in [0, 0.1) is 6.92 Å². The number of hydrogen-bond donors (Lipinski definition) is 2. The van der Waals surface area contributed by atoms with Gasteiger partial charge in [0.1, 0.15) is 10.8 Å². The van der Waals surface area contributed by atoms with Crippen LogP contribution in [-0.2, 0) is 23.1 Å². The van der Waals surface area contributed by atoms with E-state index in [0.29, 0.717) is 17.4 Å². The molecule has 0 atom stereocenters. The Morgan fingerprint density at radius 3 is 2.69 bits per heavy atom. The fourth-order valence-corrected chi connectivity index (χ4v) is 4.90. The average Bonchev–Trinajstić information content (AvgIpc) is 3.34. The molecule has 0 saturated carbocycles. The molecular weight excluding hydrogens is 444 g/mol. The molecule has 0 aliphatic heterocycles. The lowest BCUT2D eigenvalue weighted by Crippen LogP contribution is -2.14. The molecule has 0 bridgehead atoms. The maximum absolute atomic E-state index is 12.4. The molecule has 0 radical (unpaired) electrons. The van der Waals surface area contributed by atoms with Gasteiger partial charge in [0, 0.05) is 31.1 Å². The van der Waals surface area contributed by atoms with E-state index in [0.717, 1.165) is 26.5 Å². The molecule has 0 fully saturated rings. The molecule has 2 amide bonds. The molecule has 32 heavy (non-hydrogen) atoms. The molecule has 0 aliphatic carbocycles. The number of carbonyl (C=O) groups is 2. The summed E-state index contributed by atoms with van der Waals surface area (Å²) in [5, 5.41) is 12.6. The smallest absolute Gasteiger partial charge is 0.234 e. The number of nitrogens with two attached hydrogens (primary N) is 1. The largest absolute Gasteiger partial charge is 0.370 e. The Kier molecular flexibility index (Phi) is 6.52. The zero-order chi connectivity index (χ0) is 22.7. The van der Waals surface area contributed by atoms with Crippen LogP contribution in [0.4, 0.5) is 5.69 Å². The highest BCUT2D eigenvalue weighted by atomic mass is 32.2. The number of rotatable bonds is 8. The summed E-state index contributed by atoms with van der Waals surface area (Å²) in [7, 11) is 1.80. The first-order valence-corrected chi connectivity index (χ1v) is 11.8. The van der Waals surface area contributed by atoms with Gasteiger partial charge in [-0.2, -0.15) is 0 Å². The number of nitrogens with one attached hydrogen (secondary N) is 1. The molecule has 4 rings (SSSR count). The third kappa shape index (κ3) is 5.14. The second-order valence-corrected chi connectivity index (χ2v) is 9.30. The van der Waals surface area contributed by atoms with E-state index in [1.807, 2.05) is 30.3 Å². The highest BCUT2D eigenvalue weighted by molar-refractivity contribution is 7.99. The minimum Gasteiger partial charge on any atom is -0.370 e. The van der Waals surface area contributed by atoms with E-state index in [1.54, 1.807) is 23.0 Å². The van der Waals surface area contributed by atoms with Gasteiger partial charge in [-0.25, -0.2) is 4.98 Å². The van der Waals surface area contributed by atoms with Crippen molar-refractivity contribution in [2.75, 3.05) is 11.1 Å². The normalized spacial score (nSPS) is 11.1. The Balaban J connectivity index is 1.34. The van der Waals surface area contributed by atoms with E-state index in [2.05, 4.69) is 34.6 Å². The quantitative estimate of drug-likeness (QED) is 0.384. The van der Waals surface area contributed by atoms with Gasteiger partial charge in [-0.1, -0.05) is 17.8 Å². The molecule has 2 heterocycles. The summed E-state index contributed by atoms with van der Waals surface area (Å²) < 4.78 is 2.94. The summed E-state index contributed by atoms with van der Waals surface area (Å²) in [6.07, 6.45) is 0.635. The molecule has 164 valence electrons. The second kappa shape index (κ2) is 9.49. The Hall–Kier alpha value is -3.24. The first kappa shape index (κ1) is 22.0. The van der Waals surface area contributed by atoms with Gasteiger partial charge in [0.2, 0.25) is 11.8 Å². The zero-order valence-corrected chi connectivity index (χ0v) is 19.3. The van der Waals surface area contributed by atoms with Gasteiger partial charge >= 0.3 is 0 Å². The molecule has 2 aromatic heterocycles. The third-order valence-corrected chi connectivity index (χ3v) is 6.90. The number of thioether (sulfide) groups is 1. The van der Waals surface area contributed by atoms with Crippen LogP contribution in [0.25, 0.3) is 20.8 Å². The lowest BCUT2D eigenvalue weighted by molar-refractivity contribution is -0.118. The Labute approximate surface area is 193 Å². The predicted molar refractivity (Wildman–Crippen MR) is 128 cm³/mol. The topological polar surface area (TPSA) is 116 Å². The molecule has 2 aromatic carbocycles. The Morgan fingerprint density at radius 2 is 1.94 bits per heavy atom. The van der Waals surface area contributed by atoms with Gasteiger partial charge in [-0.05, 0) is 48.9 Å². The van der Waals surface area contributed by atoms with Crippen molar-refractivity contribution in [1.29, 1.82) is 0 Å². The van der Waals surface area contributed by atoms with E-state index in [9.17, 15) is 9.59 Å². The average molecular weight is 467 g/mol. The molecule has 0 saturated heterocycles. The number of carbonyl (C=O) groups excluding carboxylic acids is 2. The molecule has 3 N–H and O–H groups in total. The number of aromatic nitrogens is 4. The van der Waals surface area contributed by atoms with Crippen LogP contribution in [0.3, 0.4) is 0 Å². The lowest BCUT2D eigenvalue weighted by atomic mass is 10.2. The molecule has 0 unspecified atom stereocenters. The minimum absolute atomic E-state index is 0.139. The standard InChI is InChI=1S/C22H22N6O2S2/c1-13-3-8-16-17(11-13)32-21(25-16)14-4-6-15(7-5-14)24-20(30)12-31-22-27-26-19(28(22)2)10-9-18(23)29/h3-8,11H,9-10,12H2,1-2H3,(H2,23,29)(H,24,30).